The van der Waals surface area contributed by atoms with Crippen LogP contribution in [-0.2, 0) is 0 Å². The Morgan fingerprint density at radius 2 is 1.09 bits per heavy atom. The topological polar surface area (TPSA) is 51.8 Å². The van der Waals surface area contributed by atoms with E-state index in [2.05, 4.69) is 15.0 Å². The number of para-hydroxylation sites is 1. The van der Waals surface area contributed by atoms with Crippen LogP contribution in [0.3, 0.4) is 0 Å². The Balaban J connectivity index is 1.52. The van der Waals surface area contributed by atoms with Crippen LogP contribution in [0.15, 0.2) is 144 Å². The van der Waals surface area contributed by atoms with E-state index in [1.165, 1.54) is 0 Å². The molecule has 9 aromatic rings. The van der Waals surface area contributed by atoms with Crippen molar-refractivity contribution in [1.29, 1.82) is 0 Å². The number of benzene rings is 7. The predicted octanol–water partition coefficient (Wildman–Crippen LogP) is 10.2. The molecule has 0 unspecified atom stereocenters. The van der Waals surface area contributed by atoms with E-state index in [4.69, 9.17) is 26.3 Å². The summed E-state index contributed by atoms with van der Waals surface area (Å²) in [6.07, 6.45) is 0. The lowest BCUT2D eigenvalue weighted by atomic mass is 9.94. The minimum Gasteiger partial charge on any atom is -0.456 e. The molecule has 2 heterocycles. The van der Waals surface area contributed by atoms with Crippen molar-refractivity contribution >= 4 is 54.3 Å². The molecular formula is C39H23N3O. The fourth-order valence-corrected chi connectivity index (χ4v) is 5.10. The molecule has 4 nitrogen and oxygen atoms in total. The molecule has 4 heteroatoms. The molecule has 0 atom stereocenters. The largest absolute Gasteiger partial charge is 0.456 e. The van der Waals surface area contributed by atoms with Gasteiger partial charge in [-0.05, 0) is 44.4 Å². The van der Waals surface area contributed by atoms with E-state index < -0.39 is 142 Å². The molecule has 9 rings (SSSR count). The third-order valence-electron chi connectivity index (χ3n) is 7.00. The van der Waals surface area contributed by atoms with Gasteiger partial charge in [0, 0.05) is 27.5 Å². The number of hydrogen-bond acceptors (Lipinski definition) is 4. The van der Waals surface area contributed by atoms with Crippen LogP contribution in [0.25, 0.3) is 88.4 Å². The summed E-state index contributed by atoms with van der Waals surface area (Å²) >= 11 is 0. The molecule has 0 saturated heterocycles. The summed E-state index contributed by atoms with van der Waals surface area (Å²) in [5.41, 5.74) is -1.18. The number of fused-ring (bicyclic) bond motifs is 8. The highest BCUT2D eigenvalue weighted by atomic mass is 16.3. The Morgan fingerprint density at radius 3 is 2.00 bits per heavy atom. The second-order valence-corrected chi connectivity index (χ2v) is 9.43. The van der Waals surface area contributed by atoms with Crippen molar-refractivity contribution in [3.63, 3.8) is 0 Å². The summed E-state index contributed by atoms with van der Waals surface area (Å²) in [7, 11) is 0. The van der Waals surface area contributed by atoms with E-state index in [-0.39, 0.29) is 49.5 Å². The molecule has 0 bridgehead atoms. The lowest BCUT2D eigenvalue weighted by Gasteiger charge is -2.13. The first-order valence-corrected chi connectivity index (χ1v) is 12.9. The number of aromatic nitrogens is 3. The predicted molar refractivity (Wildman–Crippen MR) is 176 cm³/mol. The molecule has 0 N–H and O–H groups in total. The van der Waals surface area contributed by atoms with Gasteiger partial charge in [-0.25, -0.2) is 15.0 Å². The number of nitrogens with zero attached hydrogens (tertiary/aromatic N) is 3. The lowest BCUT2D eigenvalue weighted by molar-refractivity contribution is 0.669. The molecule has 0 fully saturated rings. The van der Waals surface area contributed by atoms with Crippen LogP contribution in [0.5, 0.6) is 0 Å². The second-order valence-electron chi connectivity index (χ2n) is 9.43. The summed E-state index contributed by atoms with van der Waals surface area (Å²) in [5, 5.41) is -2.69. The molecule has 43 heavy (non-hydrogen) atoms. The highest BCUT2D eigenvalue weighted by molar-refractivity contribution is 6.22. The first-order chi connectivity index (χ1) is 28.8. The first-order valence-electron chi connectivity index (χ1n) is 21.9. The molecule has 0 aliphatic carbocycles. The van der Waals surface area contributed by atoms with Gasteiger partial charge < -0.3 is 4.42 Å². The summed E-state index contributed by atoms with van der Waals surface area (Å²) in [5.74, 6) is -1.04. The van der Waals surface area contributed by atoms with E-state index >= 15 is 0 Å². The molecule has 200 valence electrons. The zero-order valence-electron chi connectivity index (χ0n) is 39.6. The van der Waals surface area contributed by atoms with Crippen molar-refractivity contribution < 1.29 is 29.1 Å². The van der Waals surface area contributed by atoms with Gasteiger partial charge in [0.05, 0.1) is 24.7 Å². The van der Waals surface area contributed by atoms with Gasteiger partial charge in [0.25, 0.3) is 0 Å². The van der Waals surface area contributed by atoms with Crippen LogP contribution < -0.4 is 0 Å². The highest BCUT2D eigenvalue weighted by Crippen LogP contribution is 2.39. The van der Waals surface area contributed by atoms with Gasteiger partial charge in [-0.3, -0.25) is 0 Å². The Bertz CT molecular complexity index is 3520. The van der Waals surface area contributed by atoms with Crippen LogP contribution in [0.4, 0.5) is 0 Å². The number of furan rings is 1. The van der Waals surface area contributed by atoms with Gasteiger partial charge in [0.1, 0.15) is 11.2 Å². The third kappa shape index (κ3) is 3.74. The molecule has 0 radical (unpaired) electrons. The van der Waals surface area contributed by atoms with Crippen LogP contribution in [0.1, 0.15) is 24.7 Å². The Kier molecular flexibility index (Phi) is 2.64. The third-order valence-corrected chi connectivity index (χ3v) is 7.00. The zero-order valence-corrected chi connectivity index (χ0v) is 21.6. The van der Waals surface area contributed by atoms with E-state index in [1.54, 1.807) is 30.3 Å². The molecule has 2 aromatic heterocycles. The Labute approximate surface area is 272 Å². The second kappa shape index (κ2) is 9.33. The van der Waals surface area contributed by atoms with Gasteiger partial charge in [0.2, 0.25) is 0 Å². The van der Waals surface area contributed by atoms with Crippen molar-refractivity contribution in [3.8, 4) is 34.2 Å². The summed E-state index contributed by atoms with van der Waals surface area (Å²) in [4.78, 5) is 13.9. The highest BCUT2D eigenvalue weighted by Gasteiger charge is 2.19. The van der Waals surface area contributed by atoms with Gasteiger partial charge in [-0.1, -0.05) is 127 Å². The van der Waals surface area contributed by atoms with Crippen LogP contribution >= 0.6 is 0 Å². The van der Waals surface area contributed by atoms with Gasteiger partial charge in [-0.2, -0.15) is 0 Å². The first kappa shape index (κ1) is 12.2. The lowest BCUT2D eigenvalue weighted by Crippen LogP contribution is -2.01. The molecule has 0 saturated carbocycles. The van der Waals surface area contributed by atoms with E-state index in [1.807, 2.05) is 0 Å². The van der Waals surface area contributed by atoms with Crippen molar-refractivity contribution in [2.24, 2.45) is 0 Å². The van der Waals surface area contributed by atoms with E-state index in [0.717, 1.165) is 0 Å². The number of rotatable bonds is 3. The maximum absolute atomic E-state index is 9.31. The summed E-state index contributed by atoms with van der Waals surface area (Å²) in [6.45, 7) is 0. The number of hydrogen-bond donors (Lipinski definition) is 0. The molecular weight excluding hydrogens is 526 g/mol. The normalized spacial score (nSPS) is 17.6. The maximum atomic E-state index is 9.31. The monoisotopic (exact) mass is 567 g/mol. The molecule has 0 amide bonds. The van der Waals surface area contributed by atoms with Gasteiger partial charge in [-0.15, -0.1) is 0 Å². The quantitative estimate of drug-likeness (QED) is 0.199. The fourth-order valence-electron chi connectivity index (χ4n) is 5.10. The van der Waals surface area contributed by atoms with Gasteiger partial charge in [0.15, 0.2) is 17.5 Å². The molecule has 0 aliphatic heterocycles. The maximum Gasteiger partial charge on any atom is 0.164 e. The average Bonchev–Trinajstić information content (AvgIpc) is 3.65. The Morgan fingerprint density at radius 1 is 0.442 bits per heavy atom. The summed E-state index contributed by atoms with van der Waals surface area (Å²) < 4.78 is 164. The van der Waals surface area contributed by atoms with Crippen molar-refractivity contribution in [1.82, 2.24) is 15.0 Å². The molecule has 7 aromatic carbocycles. The fraction of sp³-hybridized carbons (Fsp3) is 0. The minimum absolute atomic E-state index is 0.136. The standard InChI is InChI=1S/C39H23N3O/c1-2-11-26(12-3-1)37-40-38(42-39(41-37)32-17-9-19-34-36(32)31-14-6-7-18-33(31)43-34)30-16-8-15-29-28(30)23-22-25-21-20-24-10-4-5-13-27(24)35(25)29/h1-23H/i4D,5D,6D,7D,8D,9D,10D,13D,14D,15D,16D,17D,18D,19D,20D,21D,22D,23D. The smallest absolute Gasteiger partial charge is 0.164 e. The minimum atomic E-state index is -0.771. The Hall–Kier alpha value is -5.87. The van der Waals surface area contributed by atoms with E-state index in [9.17, 15) is 2.74 Å². The molecule has 0 aliphatic rings. The molecule has 0 spiro atoms. The van der Waals surface area contributed by atoms with Gasteiger partial charge >= 0.3 is 0 Å². The summed E-state index contributed by atoms with van der Waals surface area (Å²) in [6, 6.07) is -3.93. The van der Waals surface area contributed by atoms with Crippen LogP contribution in [-0.4, -0.2) is 15.0 Å². The van der Waals surface area contributed by atoms with Crippen molar-refractivity contribution in [3.05, 3.63) is 139 Å². The van der Waals surface area contributed by atoms with E-state index in [0.29, 0.717) is 5.56 Å². The van der Waals surface area contributed by atoms with Crippen LogP contribution in [0.2, 0.25) is 0 Å². The SMILES string of the molecule is [2H]c1c([2H])c([2H])c2c(oc3c([2H])c([2H])c([2H])c(-c4nc(-c5ccccc5)nc(-c5c([2H])c([2H])c([2H])c6c5c([2H])c([2H])c5c([2H])c([2H])c7c([2H])c([2H])c([2H])c([2H])c7c56)n4)c32)c1[2H]. The average molecular weight is 568 g/mol. The zero-order chi connectivity index (χ0) is 44.0. The van der Waals surface area contributed by atoms with Crippen LogP contribution in [0, 0.1) is 0 Å². The van der Waals surface area contributed by atoms with Crippen molar-refractivity contribution in [2.75, 3.05) is 0 Å². The van der Waals surface area contributed by atoms with Crippen molar-refractivity contribution in [2.45, 2.75) is 0 Å².